The summed E-state index contributed by atoms with van der Waals surface area (Å²) in [4.78, 5) is 2.51. The Morgan fingerprint density at radius 3 is 2.47 bits per heavy atom. The van der Waals surface area contributed by atoms with Gasteiger partial charge in [-0.15, -0.1) is 11.3 Å². The van der Waals surface area contributed by atoms with E-state index in [1.807, 2.05) is 6.92 Å². The normalized spacial score (nSPS) is 12.8. The third-order valence-corrected chi connectivity index (χ3v) is 4.68. The number of nitrogens with two attached hydrogens (primary N) is 1. The summed E-state index contributed by atoms with van der Waals surface area (Å²) in [6.07, 6.45) is 0. The van der Waals surface area contributed by atoms with Crippen molar-refractivity contribution in [1.82, 2.24) is 0 Å². The van der Waals surface area contributed by atoms with Crippen molar-refractivity contribution in [2.45, 2.75) is 26.8 Å². The minimum atomic E-state index is 0.110. The molecule has 0 saturated carbocycles. The Morgan fingerprint density at radius 2 is 1.94 bits per heavy atom. The molecule has 0 aliphatic heterocycles. The van der Waals surface area contributed by atoms with Crippen molar-refractivity contribution in [3.8, 4) is 10.4 Å². The molecular formula is C14H16BrNS. The van der Waals surface area contributed by atoms with Crippen LogP contribution in [0.15, 0.2) is 28.7 Å². The van der Waals surface area contributed by atoms with Crippen LogP contribution in [0.4, 0.5) is 0 Å². The lowest BCUT2D eigenvalue weighted by molar-refractivity contribution is 0.838. The van der Waals surface area contributed by atoms with Gasteiger partial charge in [-0.25, -0.2) is 0 Å². The van der Waals surface area contributed by atoms with Gasteiger partial charge in [0.25, 0.3) is 0 Å². The number of hydrogen-bond acceptors (Lipinski definition) is 2. The smallest absolute Gasteiger partial charge is 0.0361 e. The van der Waals surface area contributed by atoms with Crippen LogP contribution in [0.25, 0.3) is 10.4 Å². The van der Waals surface area contributed by atoms with Gasteiger partial charge < -0.3 is 5.73 Å². The second-order valence-electron chi connectivity index (χ2n) is 4.43. The second kappa shape index (κ2) is 4.92. The molecule has 0 aliphatic carbocycles. The second-order valence-corrected chi connectivity index (χ2v) is 6.40. The minimum absolute atomic E-state index is 0.110. The van der Waals surface area contributed by atoms with Crippen LogP contribution in [0.3, 0.4) is 0 Å². The van der Waals surface area contributed by atoms with Crippen molar-refractivity contribution in [3.63, 3.8) is 0 Å². The fourth-order valence-corrected chi connectivity index (χ4v) is 4.06. The van der Waals surface area contributed by atoms with Gasteiger partial charge in [0.15, 0.2) is 0 Å². The van der Waals surface area contributed by atoms with Gasteiger partial charge in [-0.1, -0.05) is 22.0 Å². The average molecular weight is 310 g/mol. The van der Waals surface area contributed by atoms with Crippen molar-refractivity contribution in [3.05, 3.63) is 44.7 Å². The molecule has 1 atom stereocenters. The van der Waals surface area contributed by atoms with E-state index in [4.69, 9.17) is 5.73 Å². The van der Waals surface area contributed by atoms with E-state index in [1.165, 1.54) is 26.4 Å². The summed E-state index contributed by atoms with van der Waals surface area (Å²) in [5.74, 6) is 0. The van der Waals surface area contributed by atoms with Crippen LogP contribution in [0.1, 0.15) is 29.0 Å². The van der Waals surface area contributed by atoms with E-state index < -0.39 is 0 Å². The van der Waals surface area contributed by atoms with Gasteiger partial charge in [0.2, 0.25) is 0 Å². The van der Waals surface area contributed by atoms with Crippen LogP contribution in [-0.4, -0.2) is 0 Å². The molecule has 2 aromatic rings. The number of thiophene rings is 1. The van der Waals surface area contributed by atoms with Crippen molar-refractivity contribution in [2.75, 3.05) is 0 Å². The van der Waals surface area contributed by atoms with Crippen molar-refractivity contribution in [2.24, 2.45) is 5.73 Å². The third kappa shape index (κ3) is 2.62. The van der Waals surface area contributed by atoms with E-state index >= 15 is 0 Å². The molecule has 0 saturated heterocycles. The van der Waals surface area contributed by atoms with Crippen LogP contribution in [-0.2, 0) is 0 Å². The summed E-state index contributed by atoms with van der Waals surface area (Å²) in [6, 6.07) is 8.76. The van der Waals surface area contributed by atoms with E-state index in [9.17, 15) is 0 Å². The molecule has 90 valence electrons. The molecule has 1 nitrogen and oxygen atoms in total. The van der Waals surface area contributed by atoms with E-state index in [0.29, 0.717) is 0 Å². The fraction of sp³-hybridized carbons (Fsp3) is 0.286. The maximum absolute atomic E-state index is 5.90. The molecule has 0 fully saturated rings. The predicted octanol–water partition coefficient (Wildman–Crippen LogP) is 4.81. The van der Waals surface area contributed by atoms with E-state index in [-0.39, 0.29) is 6.04 Å². The highest BCUT2D eigenvalue weighted by Crippen LogP contribution is 2.37. The Labute approximate surface area is 115 Å². The first-order valence-electron chi connectivity index (χ1n) is 5.61. The molecule has 3 heteroatoms. The highest BCUT2D eigenvalue weighted by molar-refractivity contribution is 9.10. The quantitative estimate of drug-likeness (QED) is 0.846. The van der Waals surface area contributed by atoms with E-state index in [0.717, 1.165) is 4.47 Å². The van der Waals surface area contributed by atoms with Crippen molar-refractivity contribution >= 4 is 27.3 Å². The first-order valence-corrected chi connectivity index (χ1v) is 7.22. The topological polar surface area (TPSA) is 26.0 Å². The number of benzene rings is 1. The molecule has 0 bridgehead atoms. The monoisotopic (exact) mass is 309 g/mol. The zero-order chi connectivity index (χ0) is 12.6. The molecule has 1 aromatic carbocycles. The molecule has 2 N–H and O–H groups in total. The Kier molecular flexibility index (Phi) is 3.71. The molecule has 1 aromatic heterocycles. The number of halogens is 1. The number of hydrogen-bond donors (Lipinski definition) is 1. The summed E-state index contributed by atoms with van der Waals surface area (Å²) in [5, 5.41) is 0. The molecule has 1 heterocycles. The van der Waals surface area contributed by atoms with E-state index in [2.05, 4.69) is 54.0 Å². The first-order chi connectivity index (χ1) is 7.99. The van der Waals surface area contributed by atoms with Gasteiger partial charge in [0.1, 0.15) is 0 Å². The van der Waals surface area contributed by atoms with Crippen LogP contribution in [0.5, 0.6) is 0 Å². The third-order valence-electron chi connectivity index (χ3n) is 2.75. The summed E-state index contributed by atoms with van der Waals surface area (Å²) < 4.78 is 1.16. The lowest BCUT2D eigenvalue weighted by atomic mass is 10.0. The zero-order valence-corrected chi connectivity index (χ0v) is 12.7. The first kappa shape index (κ1) is 12.8. The van der Waals surface area contributed by atoms with Gasteiger partial charge in [-0.3, -0.25) is 0 Å². The maximum Gasteiger partial charge on any atom is 0.0361 e. The number of rotatable bonds is 2. The van der Waals surface area contributed by atoms with Crippen molar-refractivity contribution in [1.29, 1.82) is 0 Å². The minimum Gasteiger partial charge on any atom is -0.324 e. The Balaban J connectivity index is 2.52. The molecule has 0 amide bonds. The van der Waals surface area contributed by atoms with Crippen LogP contribution >= 0.6 is 27.3 Å². The largest absolute Gasteiger partial charge is 0.324 e. The summed E-state index contributed by atoms with van der Waals surface area (Å²) in [6.45, 7) is 6.29. The molecule has 2 rings (SSSR count). The van der Waals surface area contributed by atoms with Gasteiger partial charge in [-0.2, -0.15) is 0 Å². The lowest BCUT2D eigenvalue weighted by Crippen LogP contribution is -2.01. The average Bonchev–Trinajstić information content (AvgIpc) is 2.65. The predicted molar refractivity (Wildman–Crippen MR) is 79.5 cm³/mol. The molecule has 0 spiro atoms. The summed E-state index contributed by atoms with van der Waals surface area (Å²) in [7, 11) is 0. The van der Waals surface area contributed by atoms with Crippen LogP contribution < -0.4 is 5.73 Å². The van der Waals surface area contributed by atoms with Gasteiger partial charge >= 0.3 is 0 Å². The lowest BCUT2D eigenvalue weighted by Gasteiger charge is -2.08. The van der Waals surface area contributed by atoms with Gasteiger partial charge in [-0.05, 0) is 50.1 Å². The molecule has 0 aliphatic rings. The molecular weight excluding hydrogens is 294 g/mol. The molecule has 0 radical (unpaired) electrons. The van der Waals surface area contributed by atoms with Crippen molar-refractivity contribution < 1.29 is 0 Å². The van der Waals surface area contributed by atoms with E-state index in [1.54, 1.807) is 11.3 Å². The zero-order valence-electron chi connectivity index (χ0n) is 10.3. The van der Waals surface area contributed by atoms with Gasteiger partial charge in [0, 0.05) is 25.8 Å². The highest BCUT2D eigenvalue weighted by atomic mass is 79.9. The highest BCUT2D eigenvalue weighted by Gasteiger charge is 2.11. The fourth-order valence-electron chi connectivity index (χ4n) is 1.96. The Bertz CT molecular complexity index is 520. The molecule has 1 unspecified atom stereocenters. The Hall–Kier alpha value is -0.640. The standard InChI is InChI=1S/C14H16BrNS/c1-8-6-9(2)14(11(15)7-8)13-5-4-12(17-13)10(3)16/h4-7,10H,16H2,1-3H3. The SMILES string of the molecule is Cc1cc(C)c(-c2ccc(C(C)N)s2)c(Br)c1. The summed E-state index contributed by atoms with van der Waals surface area (Å²) in [5.41, 5.74) is 9.77. The maximum atomic E-state index is 5.90. The number of aryl methyl sites for hydroxylation is 2. The Morgan fingerprint density at radius 1 is 1.24 bits per heavy atom. The van der Waals surface area contributed by atoms with Gasteiger partial charge in [0.05, 0.1) is 0 Å². The summed E-state index contributed by atoms with van der Waals surface area (Å²) >= 11 is 5.43. The van der Waals surface area contributed by atoms with Crippen LogP contribution in [0, 0.1) is 13.8 Å². The molecule has 17 heavy (non-hydrogen) atoms. The van der Waals surface area contributed by atoms with Crippen LogP contribution in [0.2, 0.25) is 0 Å².